The molecule has 2 amide bonds. The fraction of sp³-hybridized carbons (Fsp3) is 0.500. The van der Waals surface area contributed by atoms with Gasteiger partial charge < -0.3 is 20.6 Å². The maximum atomic E-state index is 12.2. The molecule has 2 rings (SSSR count). The molecular formula is C14H20ClN3O2. The molecule has 1 heterocycles. The van der Waals surface area contributed by atoms with E-state index in [9.17, 15) is 4.79 Å². The van der Waals surface area contributed by atoms with Crippen molar-refractivity contribution >= 4 is 23.3 Å². The first-order valence-corrected chi connectivity index (χ1v) is 7.22. The average Bonchev–Trinajstić information content (AvgIpc) is 2.91. The second-order valence-electron chi connectivity index (χ2n) is 4.90. The quantitative estimate of drug-likeness (QED) is 0.778. The van der Waals surface area contributed by atoms with Crippen LogP contribution in [0.4, 0.5) is 10.5 Å². The molecule has 1 fully saturated rings. The third kappa shape index (κ3) is 4.37. The van der Waals surface area contributed by atoms with Gasteiger partial charge in [-0.25, -0.2) is 4.79 Å². The fourth-order valence-electron chi connectivity index (χ4n) is 2.34. The average molecular weight is 298 g/mol. The zero-order valence-electron chi connectivity index (χ0n) is 11.3. The van der Waals surface area contributed by atoms with E-state index in [1.807, 2.05) is 0 Å². The number of nitrogens with one attached hydrogen (secondary N) is 2. The van der Waals surface area contributed by atoms with E-state index in [1.54, 1.807) is 29.2 Å². The second kappa shape index (κ2) is 7.47. The summed E-state index contributed by atoms with van der Waals surface area (Å²) < 4.78 is 0. The van der Waals surface area contributed by atoms with E-state index in [4.69, 9.17) is 16.7 Å². The zero-order valence-corrected chi connectivity index (χ0v) is 12.1. The number of amides is 2. The number of hydrogen-bond acceptors (Lipinski definition) is 3. The van der Waals surface area contributed by atoms with Crippen molar-refractivity contribution in [1.29, 1.82) is 0 Å². The van der Waals surface area contributed by atoms with Crippen molar-refractivity contribution in [2.24, 2.45) is 0 Å². The zero-order chi connectivity index (χ0) is 14.4. The van der Waals surface area contributed by atoms with Crippen LogP contribution in [0.5, 0.6) is 0 Å². The van der Waals surface area contributed by atoms with Crippen molar-refractivity contribution in [3.63, 3.8) is 0 Å². The lowest BCUT2D eigenvalue weighted by Gasteiger charge is -2.25. The molecule has 0 saturated carbocycles. The molecule has 1 saturated heterocycles. The normalized spacial score (nSPS) is 18.0. The fourth-order valence-corrected chi connectivity index (χ4v) is 2.53. The minimum absolute atomic E-state index is 0.0459. The van der Waals surface area contributed by atoms with Crippen molar-refractivity contribution in [2.45, 2.75) is 18.9 Å². The minimum Gasteiger partial charge on any atom is -0.395 e. The van der Waals surface area contributed by atoms with Gasteiger partial charge in [-0.2, -0.15) is 0 Å². The summed E-state index contributed by atoms with van der Waals surface area (Å²) in [5.74, 6) is 0. The highest BCUT2D eigenvalue weighted by Gasteiger charge is 2.21. The monoisotopic (exact) mass is 297 g/mol. The van der Waals surface area contributed by atoms with Crippen LogP contribution in [0, 0.1) is 0 Å². The Morgan fingerprint density at radius 1 is 1.55 bits per heavy atom. The van der Waals surface area contributed by atoms with Gasteiger partial charge in [0.25, 0.3) is 0 Å². The molecule has 6 heteroatoms. The molecule has 20 heavy (non-hydrogen) atoms. The van der Waals surface area contributed by atoms with Crippen molar-refractivity contribution in [3.8, 4) is 0 Å². The van der Waals surface area contributed by atoms with Crippen LogP contribution in [0.3, 0.4) is 0 Å². The molecule has 0 spiro atoms. The highest BCUT2D eigenvalue weighted by atomic mass is 35.5. The summed E-state index contributed by atoms with van der Waals surface area (Å²) in [5, 5.41) is 15.8. The molecule has 0 aliphatic carbocycles. The van der Waals surface area contributed by atoms with Gasteiger partial charge in [0.1, 0.15) is 0 Å². The lowest BCUT2D eigenvalue weighted by atomic mass is 10.2. The number of carbonyl (C=O) groups is 1. The Hall–Kier alpha value is -1.30. The van der Waals surface area contributed by atoms with Gasteiger partial charge in [-0.05, 0) is 37.6 Å². The summed E-state index contributed by atoms with van der Waals surface area (Å²) in [6, 6.07) is 7.12. The van der Waals surface area contributed by atoms with Gasteiger partial charge in [-0.3, -0.25) is 0 Å². The van der Waals surface area contributed by atoms with E-state index >= 15 is 0 Å². The third-order valence-corrected chi connectivity index (χ3v) is 3.57. The van der Waals surface area contributed by atoms with Crippen LogP contribution in [0.2, 0.25) is 5.02 Å². The second-order valence-corrected chi connectivity index (χ2v) is 5.34. The van der Waals surface area contributed by atoms with Crippen LogP contribution in [-0.4, -0.2) is 48.3 Å². The Balaban J connectivity index is 1.95. The Labute approximate surface area is 123 Å². The van der Waals surface area contributed by atoms with E-state index in [2.05, 4.69) is 10.6 Å². The Morgan fingerprint density at radius 3 is 3.05 bits per heavy atom. The largest absolute Gasteiger partial charge is 0.395 e. The summed E-state index contributed by atoms with van der Waals surface area (Å²) in [4.78, 5) is 13.9. The van der Waals surface area contributed by atoms with Crippen LogP contribution in [-0.2, 0) is 0 Å². The number of benzene rings is 1. The number of aliphatic hydroxyl groups excluding tert-OH is 1. The number of rotatable bonds is 5. The van der Waals surface area contributed by atoms with Crippen LogP contribution in [0.1, 0.15) is 12.8 Å². The molecule has 1 aromatic rings. The number of halogens is 1. The molecule has 1 aromatic carbocycles. The summed E-state index contributed by atoms with van der Waals surface area (Å²) in [6.45, 7) is 1.88. The molecule has 0 radical (unpaired) electrons. The maximum Gasteiger partial charge on any atom is 0.321 e. The smallest absolute Gasteiger partial charge is 0.321 e. The molecule has 1 atom stereocenters. The minimum atomic E-state index is -0.213. The number of nitrogens with zero attached hydrogens (tertiary/aromatic N) is 1. The summed E-state index contributed by atoms with van der Waals surface area (Å²) in [7, 11) is 0. The molecule has 1 aliphatic heterocycles. The molecule has 0 aromatic heterocycles. The highest BCUT2D eigenvalue weighted by molar-refractivity contribution is 6.30. The maximum absolute atomic E-state index is 12.2. The number of aliphatic hydroxyl groups is 1. The molecule has 1 unspecified atom stereocenters. The summed E-state index contributed by atoms with van der Waals surface area (Å²) in [5.41, 5.74) is 0.657. The van der Waals surface area contributed by atoms with Gasteiger partial charge >= 0.3 is 6.03 Å². The number of anilines is 1. The number of urea groups is 1. The molecule has 110 valence electrons. The van der Waals surface area contributed by atoms with Crippen LogP contribution in [0.15, 0.2) is 24.3 Å². The van der Waals surface area contributed by atoms with Gasteiger partial charge in [0, 0.05) is 29.8 Å². The van der Waals surface area contributed by atoms with E-state index in [1.165, 1.54) is 0 Å². The SMILES string of the molecule is O=C(Nc1cccc(Cl)c1)N(CCO)CC1CCCN1. The van der Waals surface area contributed by atoms with Crippen LogP contribution < -0.4 is 10.6 Å². The highest BCUT2D eigenvalue weighted by Crippen LogP contribution is 2.16. The summed E-state index contributed by atoms with van der Waals surface area (Å²) in [6.07, 6.45) is 2.19. The van der Waals surface area contributed by atoms with Gasteiger partial charge in [-0.1, -0.05) is 17.7 Å². The predicted octanol–water partition coefficient (Wildman–Crippen LogP) is 1.92. The lowest BCUT2D eigenvalue weighted by Crippen LogP contribution is -2.44. The van der Waals surface area contributed by atoms with Crippen LogP contribution in [0.25, 0.3) is 0 Å². The molecule has 0 bridgehead atoms. The first kappa shape index (κ1) is 15.1. The third-order valence-electron chi connectivity index (χ3n) is 3.34. The van der Waals surface area contributed by atoms with Gasteiger partial charge in [-0.15, -0.1) is 0 Å². The Bertz CT molecular complexity index is 450. The van der Waals surface area contributed by atoms with Crippen molar-refractivity contribution in [2.75, 3.05) is 31.6 Å². The first-order chi connectivity index (χ1) is 9.69. The molecule has 3 N–H and O–H groups in total. The van der Waals surface area contributed by atoms with E-state index in [0.717, 1.165) is 19.4 Å². The molecule has 5 nitrogen and oxygen atoms in total. The topological polar surface area (TPSA) is 64.6 Å². The van der Waals surface area contributed by atoms with E-state index < -0.39 is 0 Å². The van der Waals surface area contributed by atoms with Gasteiger partial charge in [0.15, 0.2) is 0 Å². The predicted molar refractivity (Wildman–Crippen MR) is 80.2 cm³/mol. The van der Waals surface area contributed by atoms with Crippen molar-refractivity contribution in [1.82, 2.24) is 10.2 Å². The van der Waals surface area contributed by atoms with Gasteiger partial charge in [0.05, 0.1) is 6.61 Å². The molecular weight excluding hydrogens is 278 g/mol. The van der Waals surface area contributed by atoms with E-state index in [0.29, 0.717) is 29.8 Å². The summed E-state index contributed by atoms with van der Waals surface area (Å²) >= 11 is 5.89. The number of carbonyl (C=O) groups excluding carboxylic acids is 1. The van der Waals surface area contributed by atoms with E-state index in [-0.39, 0.29) is 12.6 Å². The number of hydrogen-bond donors (Lipinski definition) is 3. The standard InChI is InChI=1S/C14H20ClN3O2/c15-11-3-1-4-12(9-11)17-14(20)18(7-8-19)10-13-5-2-6-16-13/h1,3-4,9,13,16,19H,2,5-8,10H2,(H,17,20). The van der Waals surface area contributed by atoms with Crippen LogP contribution >= 0.6 is 11.6 Å². The van der Waals surface area contributed by atoms with Gasteiger partial charge in [0.2, 0.25) is 0 Å². The lowest BCUT2D eigenvalue weighted by molar-refractivity contribution is 0.182. The Morgan fingerprint density at radius 2 is 2.40 bits per heavy atom. The first-order valence-electron chi connectivity index (χ1n) is 6.85. The molecule has 1 aliphatic rings. The Kier molecular flexibility index (Phi) is 5.64. The van der Waals surface area contributed by atoms with Crippen molar-refractivity contribution < 1.29 is 9.90 Å². The van der Waals surface area contributed by atoms with Crippen molar-refractivity contribution in [3.05, 3.63) is 29.3 Å².